The Labute approximate surface area is 110 Å². The van der Waals surface area contributed by atoms with Gasteiger partial charge in [-0.05, 0) is 46.9 Å². The lowest BCUT2D eigenvalue weighted by molar-refractivity contribution is -0.129. The van der Waals surface area contributed by atoms with E-state index in [0.29, 0.717) is 0 Å². The lowest BCUT2D eigenvalue weighted by Crippen LogP contribution is -2.48. The van der Waals surface area contributed by atoms with E-state index in [-0.39, 0.29) is 5.91 Å². The summed E-state index contributed by atoms with van der Waals surface area (Å²) in [5.41, 5.74) is 1.25. The minimum Gasteiger partial charge on any atom is -0.368 e. The molecule has 0 aliphatic carbocycles. The molecule has 0 bridgehead atoms. The summed E-state index contributed by atoms with van der Waals surface area (Å²) in [5.74, 6) is 0.183. The normalized spacial score (nSPS) is 16.4. The van der Waals surface area contributed by atoms with Crippen LogP contribution in [0.3, 0.4) is 0 Å². The van der Waals surface area contributed by atoms with Gasteiger partial charge in [-0.1, -0.05) is 0 Å². The SMILES string of the molecule is CC(=O)N1CCN(c2ccc(I)cc2)CC1. The summed E-state index contributed by atoms with van der Waals surface area (Å²) in [5, 5.41) is 0. The molecule has 1 aromatic carbocycles. The highest BCUT2D eigenvalue weighted by molar-refractivity contribution is 14.1. The number of halogens is 1. The van der Waals surface area contributed by atoms with Crippen LogP contribution >= 0.6 is 22.6 Å². The van der Waals surface area contributed by atoms with Crippen molar-refractivity contribution in [2.24, 2.45) is 0 Å². The zero-order valence-corrected chi connectivity index (χ0v) is 11.5. The number of piperazine rings is 1. The van der Waals surface area contributed by atoms with Crippen LogP contribution in [0.25, 0.3) is 0 Å². The third-order valence-electron chi connectivity index (χ3n) is 2.92. The van der Waals surface area contributed by atoms with Crippen LogP contribution in [0.2, 0.25) is 0 Å². The van der Waals surface area contributed by atoms with E-state index in [1.807, 2.05) is 4.90 Å². The van der Waals surface area contributed by atoms with Gasteiger partial charge in [-0.15, -0.1) is 0 Å². The maximum atomic E-state index is 11.2. The number of rotatable bonds is 1. The maximum Gasteiger partial charge on any atom is 0.219 e. The third kappa shape index (κ3) is 2.66. The maximum absolute atomic E-state index is 11.2. The van der Waals surface area contributed by atoms with E-state index in [2.05, 4.69) is 51.8 Å². The Morgan fingerprint density at radius 2 is 1.69 bits per heavy atom. The summed E-state index contributed by atoms with van der Waals surface area (Å²) in [6.07, 6.45) is 0. The fraction of sp³-hybridized carbons (Fsp3) is 0.417. The lowest BCUT2D eigenvalue weighted by Gasteiger charge is -2.35. The Bertz CT molecular complexity index is 369. The molecule has 0 saturated carbocycles. The number of amides is 1. The second-order valence-electron chi connectivity index (χ2n) is 3.97. The topological polar surface area (TPSA) is 23.6 Å². The van der Waals surface area contributed by atoms with Crippen LogP contribution in [0.4, 0.5) is 5.69 Å². The minimum atomic E-state index is 0.183. The van der Waals surface area contributed by atoms with Crippen LogP contribution in [0.15, 0.2) is 24.3 Å². The molecule has 0 aromatic heterocycles. The molecule has 0 unspecified atom stereocenters. The Morgan fingerprint density at radius 1 is 1.12 bits per heavy atom. The predicted molar refractivity (Wildman–Crippen MR) is 73.6 cm³/mol. The highest BCUT2D eigenvalue weighted by atomic mass is 127. The molecule has 16 heavy (non-hydrogen) atoms. The first-order chi connectivity index (χ1) is 7.66. The number of benzene rings is 1. The van der Waals surface area contributed by atoms with Crippen molar-refractivity contribution in [1.29, 1.82) is 0 Å². The van der Waals surface area contributed by atoms with Gasteiger partial charge in [0.2, 0.25) is 5.91 Å². The van der Waals surface area contributed by atoms with Gasteiger partial charge in [0.05, 0.1) is 0 Å². The van der Waals surface area contributed by atoms with Gasteiger partial charge in [0.25, 0.3) is 0 Å². The smallest absolute Gasteiger partial charge is 0.219 e. The number of hydrogen-bond donors (Lipinski definition) is 0. The molecule has 0 radical (unpaired) electrons. The zero-order valence-electron chi connectivity index (χ0n) is 9.32. The van der Waals surface area contributed by atoms with Gasteiger partial charge in [-0.25, -0.2) is 0 Å². The number of hydrogen-bond acceptors (Lipinski definition) is 2. The van der Waals surface area contributed by atoms with E-state index in [4.69, 9.17) is 0 Å². The van der Waals surface area contributed by atoms with E-state index < -0.39 is 0 Å². The quantitative estimate of drug-likeness (QED) is 0.735. The number of nitrogens with zero attached hydrogens (tertiary/aromatic N) is 2. The summed E-state index contributed by atoms with van der Waals surface area (Å²) in [6.45, 7) is 5.17. The summed E-state index contributed by atoms with van der Waals surface area (Å²) < 4.78 is 1.25. The Morgan fingerprint density at radius 3 is 2.19 bits per heavy atom. The third-order valence-corrected chi connectivity index (χ3v) is 3.64. The average molecular weight is 330 g/mol. The highest BCUT2D eigenvalue weighted by Crippen LogP contribution is 2.18. The second kappa shape index (κ2) is 5.03. The fourth-order valence-corrected chi connectivity index (χ4v) is 2.29. The van der Waals surface area contributed by atoms with Crippen LogP contribution in [-0.4, -0.2) is 37.0 Å². The zero-order chi connectivity index (χ0) is 11.5. The second-order valence-corrected chi connectivity index (χ2v) is 5.22. The van der Waals surface area contributed by atoms with Gasteiger partial charge in [0, 0.05) is 42.4 Å². The van der Waals surface area contributed by atoms with E-state index in [1.165, 1.54) is 9.26 Å². The van der Waals surface area contributed by atoms with Gasteiger partial charge >= 0.3 is 0 Å². The molecule has 0 N–H and O–H groups in total. The summed E-state index contributed by atoms with van der Waals surface area (Å²) in [7, 11) is 0. The van der Waals surface area contributed by atoms with Gasteiger partial charge in [-0.3, -0.25) is 4.79 Å². The van der Waals surface area contributed by atoms with Gasteiger partial charge in [-0.2, -0.15) is 0 Å². The lowest BCUT2D eigenvalue weighted by atomic mass is 10.2. The van der Waals surface area contributed by atoms with Crippen molar-refractivity contribution in [3.63, 3.8) is 0 Å². The molecule has 4 heteroatoms. The average Bonchev–Trinajstić information content (AvgIpc) is 2.30. The van der Waals surface area contributed by atoms with Crippen LogP contribution < -0.4 is 4.90 Å². The first-order valence-corrected chi connectivity index (χ1v) is 6.51. The predicted octanol–water partition coefficient (Wildman–Crippen LogP) is 1.96. The number of carbonyl (C=O) groups is 1. The number of carbonyl (C=O) groups excluding carboxylic acids is 1. The van der Waals surface area contributed by atoms with Crippen molar-refractivity contribution in [3.05, 3.63) is 27.8 Å². The molecule has 1 amide bonds. The molecular formula is C12H15IN2O. The van der Waals surface area contributed by atoms with Crippen LogP contribution in [0.1, 0.15) is 6.92 Å². The molecule has 0 atom stereocenters. The first kappa shape index (κ1) is 11.7. The van der Waals surface area contributed by atoms with Gasteiger partial charge in [0.15, 0.2) is 0 Å². The van der Waals surface area contributed by atoms with Crippen molar-refractivity contribution in [2.45, 2.75) is 6.92 Å². The van der Waals surface area contributed by atoms with Crippen molar-refractivity contribution in [1.82, 2.24) is 4.90 Å². The largest absolute Gasteiger partial charge is 0.368 e. The Kier molecular flexibility index (Phi) is 3.68. The molecule has 1 aliphatic rings. The van der Waals surface area contributed by atoms with E-state index >= 15 is 0 Å². The van der Waals surface area contributed by atoms with Gasteiger partial charge in [0.1, 0.15) is 0 Å². The monoisotopic (exact) mass is 330 g/mol. The molecule has 1 heterocycles. The van der Waals surface area contributed by atoms with E-state index in [1.54, 1.807) is 6.92 Å². The summed E-state index contributed by atoms with van der Waals surface area (Å²) in [4.78, 5) is 15.4. The van der Waals surface area contributed by atoms with Crippen molar-refractivity contribution in [2.75, 3.05) is 31.1 Å². The van der Waals surface area contributed by atoms with Crippen LogP contribution in [-0.2, 0) is 4.79 Å². The van der Waals surface area contributed by atoms with Crippen molar-refractivity contribution < 1.29 is 4.79 Å². The molecule has 86 valence electrons. The Hall–Kier alpha value is -0.780. The highest BCUT2D eigenvalue weighted by Gasteiger charge is 2.18. The number of anilines is 1. The fourth-order valence-electron chi connectivity index (χ4n) is 1.93. The molecule has 0 spiro atoms. The summed E-state index contributed by atoms with van der Waals surface area (Å²) >= 11 is 2.31. The molecule has 1 saturated heterocycles. The van der Waals surface area contributed by atoms with Crippen molar-refractivity contribution >= 4 is 34.2 Å². The molecule has 3 nitrogen and oxygen atoms in total. The van der Waals surface area contributed by atoms with Crippen LogP contribution in [0.5, 0.6) is 0 Å². The van der Waals surface area contributed by atoms with Crippen LogP contribution in [0, 0.1) is 3.57 Å². The molecule has 2 rings (SSSR count). The first-order valence-electron chi connectivity index (χ1n) is 5.43. The molecule has 1 aliphatic heterocycles. The summed E-state index contributed by atoms with van der Waals surface area (Å²) in [6, 6.07) is 8.52. The standard InChI is InChI=1S/C12H15IN2O/c1-10(16)14-6-8-15(9-7-14)12-4-2-11(13)3-5-12/h2-5H,6-9H2,1H3. The van der Waals surface area contributed by atoms with E-state index in [9.17, 15) is 4.79 Å². The van der Waals surface area contributed by atoms with E-state index in [0.717, 1.165) is 26.2 Å². The van der Waals surface area contributed by atoms with Crippen molar-refractivity contribution in [3.8, 4) is 0 Å². The molecule has 1 aromatic rings. The Balaban J connectivity index is 1.99. The minimum absolute atomic E-state index is 0.183. The van der Waals surface area contributed by atoms with Gasteiger partial charge < -0.3 is 9.80 Å². The molecule has 1 fully saturated rings. The molecular weight excluding hydrogens is 315 g/mol.